The predicted molar refractivity (Wildman–Crippen MR) is 108 cm³/mol. The Morgan fingerprint density at radius 1 is 1.08 bits per heavy atom. The zero-order chi connectivity index (χ0) is 18.1. The molecule has 2 fully saturated rings. The Hall–Kier alpha value is -1.68. The number of fused-ring (bicyclic) bond motifs is 1. The third-order valence-corrected chi connectivity index (χ3v) is 6.45. The summed E-state index contributed by atoms with van der Waals surface area (Å²) >= 11 is 0. The highest BCUT2D eigenvalue weighted by Gasteiger charge is 2.47. The molecule has 3 atom stereocenters. The van der Waals surface area contributed by atoms with E-state index in [1.807, 2.05) is 0 Å². The van der Waals surface area contributed by atoms with Crippen LogP contribution in [-0.4, -0.2) is 48.3 Å². The molecule has 2 saturated heterocycles. The van der Waals surface area contributed by atoms with Crippen molar-refractivity contribution in [2.75, 3.05) is 26.2 Å². The minimum absolute atomic E-state index is 0.250. The maximum atomic E-state index is 9.96. The lowest BCUT2D eigenvalue weighted by atomic mass is 9.74. The fraction of sp³-hybridized carbons (Fsp3) is 0.478. The summed E-state index contributed by atoms with van der Waals surface area (Å²) in [4.78, 5) is 2.51. The van der Waals surface area contributed by atoms with Gasteiger partial charge in [0.2, 0.25) is 0 Å². The number of nitrogens with zero attached hydrogens (tertiary/aromatic N) is 1. The average Bonchev–Trinajstić information content (AvgIpc) is 2.63. The minimum Gasteiger partial charge on any atom is -0.395 e. The minimum atomic E-state index is 0.250. The predicted octanol–water partition coefficient (Wildman–Crippen LogP) is 3.48. The summed E-state index contributed by atoms with van der Waals surface area (Å²) in [7, 11) is 0. The number of aryl methyl sites for hydroxylation is 1. The first kappa shape index (κ1) is 17.7. The van der Waals surface area contributed by atoms with E-state index in [2.05, 4.69) is 66.5 Å². The van der Waals surface area contributed by atoms with Crippen LogP contribution < -0.4 is 5.32 Å². The van der Waals surface area contributed by atoms with E-state index in [-0.39, 0.29) is 12.6 Å². The highest BCUT2D eigenvalue weighted by molar-refractivity contribution is 5.68. The van der Waals surface area contributed by atoms with Gasteiger partial charge in [0.15, 0.2) is 0 Å². The Morgan fingerprint density at radius 2 is 1.88 bits per heavy atom. The van der Waals surface area contributed by atoms with Crippen molar-refractivity contribution in [1.29, 1.82) is 0 Å². The second kappa shape index (κ2) is 7.51. The van der Waals surface area contributed by atoms with Gasteiger partial charge in [0.1, 0.15) is 0 Å². The van der Waals surface area contributed by atoms with Crippen LogP contribution in [0.15, 0.2) is 42.5 Å². The van der Waals surface area contributed by atoms with Gasteiger partial charge >= 0.3 is 0 Å². The molecule has 3 nitrogen and oxygen atoms in total. The SMILES string of the molecule is Cc1cccc(-c2ccc([C@H]3C4CNCCCCN4[C@@H]3CO)cc2)c1C. The van der Waals surface area contributed by atoms with Crippen molar-refractivity contribution < 1.29 is 5.11 Å². The molecule has 0 aromatic heterocycles. The third kappa shape index (κ3) is 3.09. The first-order chi connectivity index (χ1) is 12.7. The van der Waals surface area contributed by atoms with Gasteiger partial charge in [0.25, 0.3) is 0 Å². The lowest BCUT2D eigenvalue weighted by Gasteiger charge is -2.56. The molecule has 1 unspecified atom stereocenters. The molecular formula is C23H30N2O. The van der Waals surface area contributed by atoms with Gasteiger partial charge in [-0.2, -0.15) is 0 Å². The van der Waals surface area contributed by atoms with Crippen LogP contribution in [0.1, 0.15) is 35.4 Å². The van der Waals surface area contributed by atoms with Crippen LogP contribution in [0.5, 0.6) is 0 Å². The zero-order valence-corrected chi connectivity index (χ0v) is 15.9. The topological polar surface area (TPSA) is 35.5 Å². The number of nitrogens with one attached hydrogen (secondary N) is 1. The van der Waals surface area contributed by atoms with Crippen LogP contribution in [0, 0.1) is 13.8 Å². The van der Waals surface area contributed by atoms with E-state index in [0.717, 1.165) is 19.6 Å². The number of aliphatic hydroxyl groups excluding tert-OH is 1. The Morgan fingerprint density at radius 3 is 2.65 bits per heavy atom. The molecule has 4 rings (SSSR count). The monoisotopic (exact) mass is 350 g/mol. The maximum absolute atomic E-state index is 9.96. The summed E-state index contributed by atoms with van der Waals surface area (Å²) in [6, 6.07) is 16.4. The number of hydrogen-bond donors (Lipinski definition) is 2. The Bertz CT molecular complexity index is 755. The largest absolute Gasteiger partial charge is 0.395 e. The first-order valence-corrected chi connectivity index (χ1v) is 9.94. The summed E-state index contributed by atoms with van der Waals surface area (Å²) in [5.74, 6) is 0.429. The second-order valence-corrected chi connectivity index (χ2v) is 7.86. The Kier molecular flexibility index (Phi) is 5.12. The van der Waals surface area contributed by atoms with Crippen molar-refractivity contribution in [3.8, 4) is 11.1 Å². The van der Waals surface area contributed by atoms with Crippen molar-refractivity contribution in [3.63, 3.8) is 0 Å². The van der Waals surface area contributed by atoms with E-state index in [0.29, 0.717) is 12.0 Å². The van der Waals surface area contributed by atoms with Crippen LogP contribution in [0.2, 0.25) is 0 Å². The molecule has 0 radical (unpaired) electrons. The van der Waals surface area contributed by atoms with Crippen molar-refractivity contribution in [2.45, 2.75) is 44.7 Å². The van der Waals surface area contributed by atoms with Crippen molar-refractivity contribution in [1.82, 2.24) is 10.2 Å². The fourth-order valence-corrected chi connectivity index (χ4v) is 4.80. The lowest BCUT2D eigenvalue weighted by molar-refractivity contribution is -0.0464. The van der Waals surface area contributed by atoms with Gasteiger partial charge in [-0.25, -0.2) is 0 Å². The molecule has 0 aliphatic carbocycles. The second-order valence-electron chi connectivity index (χ2n) is 7.86. The van der Waals surface area contributed by atoms with Gasteiger partial charge in [-0.3, -0.25) is 4.90 Å². The van der Waals surface area contributed by atoms with Gasteiger partial charge in [-0.1, -0.05) is 42.5 Å². The molecule has 2 heterocycles. The fourth-order valence-electron chi connectivity index (χ4n) is 4.80. The lowest BCUT2D eigenvalue weighted by Crippen LogP contribution is -2.67. The molecule has 2 aliphatic rings. The third-order valence-electron chi connectivity index (χ3n) is 6.45. The molecule has 2 aliphatic heterocycles. The van der Waals surface area contributed by atoms with Crippen molar-refractivity contribution in [2.24, 2.45) is 0 Å². The molecule has 138 valence electrons. The van der Waals surface area contributed by atoms with E-state index < -0.39 is 0 Å². The van der Waals surface area contributed by atoms with Gasteiger partial charge in [-0.05, 0) is 67.6 Å². The van der Waals surface area contributed by atoms with Crippen molar-refractivity contribution >= 4 is 0 Å². The van der Waals surface area contributed by atoms with Crippen molar-refractivity contribution in [3.05, 3.63) is 59.2 Å². The molecule has 26 heavy (non-hydrogen) atoms. The number of benzene rings is 2. The van der Waals surface area contributed by atoms with Crippen LogP contribution in [-0.2, 0) is 0 Å². The number of rotatable bonds is 3. The van der Waals surface area contributed by atoms with E-state index in [1.165, 1.54) is 40.7 Å². The normalized spacial score (nSPS) is 26.5. The Labute approximate surface area is 157 Å². The highest BCUT2D eigenvalue weighted by Crippen LogP contribution is 2.41. The van der Waals surface area contributed by atoms with Crippen LogP contribution in [0.25, 0.3) is 11.1 Å². The average molecular weight is 351 g/mol. The molecule has 0 saturated carbocycles. The molecule has 0 spiro atoms. The van der Waals surface area contributed by atoms with Crippen LogP contribution in [0.4, 0.5) is 0 Å². The van der Waals surface area contributed by atoms with Gasteiger partial charge in [0, 0.05) is 24.5 Å². The Balaban J connectivity index is 1.59. The van der Waals surface area contributed by atoms with Crippen LogP contribution in [0.3, 0.4) is 0 Å². The summed E-state index contributed by atoms with van der Waals surface area (Å²) in [5.41, 5.74) is 6.65. The van der Waals surface area contributed by atoms with E-state index in [4.69, 9.17) is 0 Å². The maximum Gasteiger partial charge on any atom is 0.0593 e. The molecule has 2 aromatic carbocycles. The molecule has 3 heteroatoms. The van der Waals surface area contributed by atoms with E-state index in [9.17, 15) is 5.11 Å². The molecule has 2 aromatic rings. The summed E-state index contributed by atoms with van der Waals surface area (Å²) in [6.07, 6.45) is 2.45. The van der Waals surface area contributed by atoms with Gasteiger partial charge < -0.3 is 10.4 Å². The summed E-state index contributed by atoms with van der Waals surface area (Å²) in [5, 5.41) is 13.5. The quantitative estimate of drug-likeness (QED) is 0.890. The molecule has 0 amide bonds. The van der Waals surface area contributed by atoms with Gasteiger partial charge in [0.05, 0.1) is 6.61 Å². The number of aliphatic hydroxyl groups is 1. The van der Waals surface area contributed by atoms with Crippen LogP contribution >= 0.6 is 0 Å². The summed E-state index contributed by atoms with van der Waals surface area (Å²) in [6.45, 7) is 7.88. The number of hydrogen-bond acceptors (Lipinski definition) is 3. The zero-order valence-electron chi connectivity index (χ0n) is 15.9. The first-order valence-electron chi connectivity index (χ1n) is 9.94. The molecular weight excluding hydrogens is 320 g/mol. The smallest absolute Gasteiger partial charge is 0.0593 e. The molecule has 0 bridgehead atoms. The van der Waals surface area contributed by atoms with E-state index in [1.54, 1.807) is 0 Å². The summed E-state index contributed by atoms with van der Waals surface area (Å²) < 4.78 is 0. The molecule has 2 N–H and O–H groups in total. The van der Waals surface area contributed by atoms with Gasteiger partial charge in [-0.15, -0.1) is 0 Å². The highest BCUT2D eigenvalue weighted by atomic mass is 16.3. The van der Waals surface area contributed by atoms with E-state index >= 15 is 0 Å². The standard InChI is InChI=1S/C23H30N2O/c1-16-6-5-7-20(17(16)2)18-8-10-19(11-9-18)23-21-14-24-12-3-4-13-25(21)22(23)15-26/h5-11,21-24,26H,3-4,12-15H2,1-2H3/t21?,22-,23+/m1/s1.